The van der Waals surface area contributed by atoms with Crippen LogP contribution < -0.4 is 16.2 Å². The highest BCUT2D eigenvalue weighted by Crippen LogP contribution is 2.43. The van der Waals surface area contributed by atoms with Gasteiger partial charge in [0, 0.05) is 55.6 Å². The van der Waals surface area contributed by atoms with E-state index in [1.807, 2.05) is 0 Å². The highest BCUT2D eigenvalue weighted by atomic mass is 32.2. The molecular weight excluding hydrogens is 566 g/mol. The lowest BCUT2D eigenvalue weighted by molar-refractivity contribution is 0.0243. The second-order valence-corrected chi connectivity index (χ2v) is 15.1. The summed E-state index contributed by atoms with van der Waals surface area (Å²) in [5, 5.41) is 18.1. The molecule has 4 fully saturated rings. The van der Waals surface area contributed by atoms with Crippen molar-refractivity contribution in [1.82, 2.24) is 29.1 Å². The minimum atomic E-state index is -3.59. The van der Waals surface area contributed by atoms with Crippen LogP contribution in [0.4, 0.5) is 11.6 Å². The van der Waals surface area contributed by atoms with E-state index in [-0.39, 0.29) is 21.9 Å². The third-order valence-corrected chi connectivity index (χ3v) is 12.4. The number of sulfonamides is 1. The summed E-state index contributed by atoms with van der Waals surface area (Å²) in [6.07, 6.45) is 7.97. The number of anilines is 2. The number of nitrogens with one attached hydrogen (secondary N) is 2. The first kappa shape index (κ1) is 28.8. The Labute approximate surface area is 252 Å². The van der Waals surface area contributed by atoms with Gasteiger partial charge >= 0.3 is 0 Å². The molecule has 4 aliphatic rings. The van der Waals surface area contributed by atoms with E-state index < -0.39 is 15.6 Å². The summed E-state index contributed by atoms with van der Waals surface area (Å²) in [6.45, 7) is 7.32. The Morgan fingerprint density at radius 1 is 0.977 bits per heavy atom. The molecule has 0 radical (unpaired) electrons. The first-order valence-corrected chi connectivity index (χ1v) is 17.0. The summed E-state index contributed by atoms with van der Waals surface area (Å²) in [6, 6.07) is 10.2. The van der Waals surface area contributed by atoms with Crippen LogP contribution in [0.1, 0.15) is 57.9 Å². The number of hydrogen-bond donors (Lipinski definition) is 3. The van der Waals surface area contributed by atoms with E-state index in [4.69, 9.17) is 0 Å². The summed E-state index contributed by atoms with van der Waals surface area (Å²) in [4.78, 5) is 24.8. The number of pyridine rings is 1. The predicted octanol–water partition coefficient (Wildman–Crippen LogP) is 2.85. The van der Waals surface area contributed by atoms with Crippen molar-refractivity contribution in [2.24, 2.45) is 5.41 Å². The lowest BCUT2D eigenvalue weighted by Gasteiger charge is -2.49. The number of aromatic nitrogens is 3. The van der Waals surface area contributed by atoms with Crippen molar-refractivity contribution in [2.45, 2.75) is 74.4 Å². The molecule has 230 valence electrons. The molecule has 3 saturated heterocycles. The molecule has 43 heavy (non-hydrogen) atoms. The zero-order chi connectivity index (χ0) is 29.8. The van der Waals surface area contributed by atoms with Gasteiger partial charge in [-0.15, -0.1) is 0 Å². The van der Waals surface area contributed by atoms with Crippen LogP contribution in [-0.4, -0.2) is 88.2 Å². The van der Waals surface area contributed by atoms with Gasteiger partial charge in [0.1, 0.15) is 5.65 Å². The van der Waals surface area contributed by atoms with Crippen LogP contribution in [0.2, 0.25) is 0 Å². The number of benzene rings is 1. The van der Waals surface area contributed by atoms with E-state index in [1.54, 1.807) is 52.3 Å². The standard InChI is InChI=1S/C31H41N7O4S/c1-30(40)10-2-3-26(30)38-27(39)9-4-22-19-33-29(35-28(22)38)34-23-5-7-25(8-6-23)43(41,42)37-17-13-31(14-18-37)11-15-36(16-12-31)24-20-32-21-24/h4-9,19,24,26,32,40H,2-3,10-18,20-21H2,1H3,(H,33,34,35)/t26-,30-/m1/s1. The van der Waals surface area contributed by atoms with E-state index in [0.717, 1.165) is 58.3 Å². The van der Waals surface area contributed by atoms with Gasteiger partial charge in [-0.05, 0) is 101 Å². The molecule has 3 N–H and O–H groups in total. The van der Waals surface area contributed by atoms with Gasteiger partial charge in [-0.3, -0.25) is 14.3 Å². The monoisotopic (exact) mass is 607 g/mol. The van der Waals surface area contributed by atoms with Crippen LogP contribution in [0.25, 0.3) is 11.0 Å². The highest BCUT2D eigenvalue weighted by molar-refractivity contribution is 7.89. The lowest BCUT2D eigenvalue weighted by atomic mass is 9.71. The van der Waals surface area contributed by atoms with Gasteiger partial charge in [-0.2, -0.15) is 9.29 Å². The minimum absolute atomic E-state index is 0.209. The Balaban J connectivity index is 1.03. The van der Waals surface area contributed by atoms with Crippen LogP contribution in [0.5, 0.6) is 0 Å². The van der Waals surface area contributed by atoms with E-state index in [1.165, 1.54) is 6.07 Å². The van der Waals surface area contributed by atoms with Gasteiger partial charge in [-0.25, -0.2) is 13.4 Å². The second kappa shape index (κ2) is 10.9. The fraction of sp³-hybridized carbons (Fsp3) is 0.581. The maximum atomic E-state index is 13.5. The quantitative estimate of drug-likeness (QED) is 0.387. The van der Waals surface area contributed by atoms with Gasteiger partial charge in [-0.1, -0.05) is 0 Å². The maximum Gasteiger partial charge on any atom is 0.252 e. The molecular formula is C31H41N7O4S. The normalized spacial score (nSPS) is 27.0. The van der Waals surface area contributed by atoms with Gasteiger partial charge in [0.05, 0.1) is 16.5 Å². The Kier molecular flexibility index (Phi) is 7.32. The third-order valence-electron chi connectivity index (χ3n) is 10.5. The number of nitrogens with zero attached hydrogens (tertiary/aromatic N) is 5. The van der Waals surface area contributed by atoms with Crippen LogP contribution >= 0.6 is 0 Å². The van der Waals surface area contributed by atoms with Crippen molar-refractivity contribution in [3.05, 3.63) is 52.9 Å². The van der Waals surface area contributed by atoms with Crippen molar-refractivity contribution in [3.63, 3.8) is 0 Å². The summed E-state index contributed by atoms with van der Waals surface area (Å²) in [5.74, 6) is 0.293. The van der Waals surface area contributed by atoms with Crippen LogP contribution in [0.15, 0.2) is 52.3 Å². The molecule has 0 amide bonds. The summed E-state index contributed by atoms with van der Waals surface area (Å²) in [7, 11) is -3.59. The molecule has 3 aliphatic heterocycles. The number of aliphatic hydroxyl groups is 1. The fourth-order valence-electron chi connectivity index (χ4n) is 7.52. The molecule has 7 rings (SSSR count). The molecule has 1 aliphatic carbocycles. The smallest absolute Gasteiger partial charge is 0.252 e. The minimum Gasteiger partial charge on any atom is -0.388 e. The molecule has 3 aromatic rings. The summed E-state index contributed by atoms with van der Waals surface area (Å²) >= 11 is 0. The van der Waals surface area contributed by atoms with Gasteiger partial charge in [0.15, 0.2) is 0 Å². The molecule has 5 heterocycles. The first-order chi connectivity index (χ1) is 20.6. The van der Waals surface area contributed by atoms with Gasteiger partial charge in [0.2, 0.25) is 16.0 Å². The topological polar surface area (TPSA) is 133 Å². The van der Waals surface area contributed by atoms with Gasteiger partial charge < -0.3 is 15.7 Å². The largest absolute Gasteiger partial charge is 0.388 e. The zero-order valence-corrected chi connectivity index (χ0v) is 25.5. The Morgan fingerprint density at radius 2 is 1.67 bits per heavy atom. The summed E-state index contributed by atoms with van der Waals surface area (Å²) < 4.78 is 30.3. The Morgan fingerprint density at radius 3 is 2.30 bits per heavy atom. The van der Waals surface area contributed by atoms with Crippen molar-refractivity contribution in [3.8, 4) is 0 Å². The average Bonchev–Trinajstić information content (AvgIpc) is 3.32. The van der Waals surface area contributed by atoms with E-state index in [0.29, 0.717) is 54.6 Å². The number of rotatable bonds is 6. The van der Waals surface area contributed by atoms with E-state index >= 15 is 0 Å². The molecule has 1 saturated carbocycles. The molecule has 0 bridgehead atoms. The Hall–Kier alpha value is -2.90. The van der Waals surface area contributed by atoms with Crippen LogP contribution in [0.3, 0.4) is 0 Å². The number of piperidine rings is 2. The number of hydrogen-bond acceptors (Lipinski definition) is 9. The third kappa shape index (κ3) is 5.37. The molecule has 2 aromatic heterocycles. The molecule has 12 heteroatoms. The van der Waals surface area contributed by atoms with Crippen molar-refractivity contribution in [2.75, 3.05) is 44.6 Å². The maximum absolute atomic E-state index is 13.5. The zero-order valence-electron chi connectivity index (χ0n) is 24.7. The van der Waals surface area contributed by atoms with E-state index in [9.17, 15) is 18.3 Å². The molecule has 1 spiro atoms. The predicted molar refractivity (Wildman–Crippen MR) is 165 cm³/mol. The second-order valence-electron chi connectivity index (χ2n) is 13.2. The van der Waals surface area contributed by atoms with Crippen molar-refractivity contribution < 1.29 is 13.5 Å². The average molecular weight is 608 g/mol. The SMILES string of the molecule is C[C@@]1(O)CCC[C@H]1n1c(=O)ccc2cnc(Nc3ccc(S(=O)(=O)N4CCC5(CCN(C6CNC6)CC5)CC4)cc3)nc21. The Bertz CT molecular complexity index is 1650. The van der Waals surface area contributed by atoms with Crippen LogP contribution in [-0.2, 0) is 10.0 Å². The molecule has 2 atom stereocenters. The van der Waals surface area contributed by atoms with Crippen molar-refractivity contribution >= 4 is 32.7 Å². The molecule has 0 unspecified atom stereocenters. The van der Waals surface area contributed by atoms with E-state index in [2.05, 4.69) is 25.5 Å². The lowest BCUT2D eigenvalue weighted by Crippen LogP contribution is -2.60. The highest BCUT2D eigenvalue weighted by Gasteiger charge is 2.42. The molecule has 1 aromatic carbocycles. The fourth-order valence-corrected chi connectivity index (χ4v) is 8.96. The number of likely N-dealkylation sites (tertiary alicyclic amines) is 1. The first-order valence-electron chi connectivity index (χ1n) is 15.6. The summed E-state index contributed by atoms with van der Waals surface area (Å²) in [5.41, 5.74) is 0.176. The van der Waals surface area contributed by atoms with Crippen molar-refractivity contribution in [1.29, 1.82) is 0 Å². The van der Waals surface area contributed by atoms with Gasteiger partial charge in [0.25, 0.3) is 5.56 Å². The van der Waals surface area contributed by atoms with Crippen LogP contribution in [0, 0.1) is 5.41 Å². The molecule has 11 nitrogen and oxygen atoms in total. The number of fused-ring (bicyclic) bond motifs is 1.